The van der Waals surface area contributed by atoms with Crippen molar-refractivity contribution in [2.24, 2.45) is 0 Å². The van der Waals surface area contributed by atoms with E-state index >= 15 is 0 Å². The Labute approximate surface area is 129 Å². The molecule has 0 saturated heterocycles. The molecule has 14 heteroatoms. The van der Waals surface area contributed by atoms with Crippen LogP contribution in [0.4, 0.5) is 49.6 Å². The van der Waals surface area contributed by atoms with Crippen molar-refractivity contribution in [3.63, 3.8) is 0 Å². The number of nitro benzene ring substituents is 1. The van der Waals surface area contributed by atoms with E-state index in [-0.39, 0.29) is 18.2 Å². The van der Waals surface area contributed by atoms with Crippen LogP contribution in [0.2, 0.25) is 0 Å². The first-order valence-electron chi connectivity index (χ1n) is 5.37. The Morgan fingerprint density at radius 2 is 1.38 bits per heavy atom. The Balaban J connectivity index is 3.40. The molecule has 0 atom stereocenters. The van der Waals surface area contributed by atoms with Crippen molar-refractivity contribution < 1.29 is 48.8 Å². The maximum Gasteiger partial charge on any atom is 0.464 e. The van der Waals surface area contributed by atoms with Gasteiger partial charge in [0.1, 0.15) is 5.56 Å². The summed E-state index contributed by atoms with van der Waals surface area (Å²) in [7, 11) is 0. The van der Waals surface area contributed by atoms with Gasteiger partial charge in [0.2, 0.25) is 0 Å². The summed E-state index contributed by atoms with van der Waals surface area (Å²) < 4.78 is 125. The van der Waals surface area contributed by atoms with Gasteiger partial charge in [-0.1, -0.05) is 0 Å². The molecule has 0 aromatic heterocycles. The van der Waals surface area contributed by atoms with Crippen LogP contribution in [0.5, 0.6) is 0 Å². The van der Waals surface area contributed by atoms with Crippen molar-refractivity contribution in [3.05, 3.63) is 33.9 Å². The highest BCUT2D eigenvalue weighted by atomic mass is 32.2. The van der Waals surface area contributed by atoms with E-state index in [0.717, 1.165) is 0 Å². The number of halogens is 10. The first-order chi connectivity index (χ1) is 10.5. The molecule has 0 spiro atoms. The first kappa shape index (κ1) is 20.3. The number of hydrogen-bond acceptors (Lipinski definition) is 3. The largest absolute Gasteiger partial charge is 0.464 e. The summed E-state index contributed by atoms with van der Waals surface area (Å²) >= 11 is -1.28. The number of benzene rings is 1. The van der Waals surface area contributed by atoms with Crippen molar-refractivity contribution in [1.29, 1.82) is 0 Å². The van der Waals surface area contributed by atoms with Gasteiger partial charge >= 0.3 is 23.5 Å². The molecule has 0 fully saturated rings. The summed E-state index contributed by atoms with van der Waals surface area (Å²) in [6, 6.07) is -0.355. The minimum Gasteiger partial charge on any atom is -0.258 e. The van der Waals surface area contributed by atoms with Gasteiger partial charge in [-0.15, -0.1) is 0 Å². The highest BCUT2D eigenvalue weighted by molar-refractivity contribution is 8.00. The number of nitro groups is 1. The van der Waals surface area contributed by atoms with Gasteiger partial charge in [-0.2, -0.15) is 43.9 Å². The zero-order valence-electron chi connectivity index (χ0n) is 10.7. The molecule has 0 heterocycles. The topological polar surface area (TPSA) is 43.1 Å². The number of alkyl halides is 10. The van der Waals surface area contributed by atoms with Crippen LogP contribution < -0.4 is 0 Å². The fraction of sp³-hybridized carbons (Fsp3) is 0.400. The fourth-order valence-corrected chi connectivity index (χ4v) is 2.07. The van der Waals surface area contributed by atoms with Gasteiger partial charge in [0.25, 0.3) is 5.69 Å². The third-order valence-electron chi connectivity index (χ3n) is 2.44. The summed E-state index contributed by atoms with van der Waals surface area (Å²) in [5, 5.41) is 5.16. The Morgan fingerprint density at radius 1 is 0.875 bits per heavy atom. The molecule has 0 aliphatic carbocycles. The summed E-state index contributed by atoms with van der Waals surface area (Å²) in [6.07, 6.45) is -12.3. The standard InChI is InChI=1S/C10H3F10NO2S/c11-7(12,8(13,14)15)5-2-1-4(3-6(5)21(22)23)24-10(19,20)9(16,17)18/h1-3H. The van der Waals surface area contributed by atoms with E-state index in [9.17, 15) is 54.0 Å². The molecule has 0 N–H and O–H groups in total. The average molecular weight is 391 g/mol. The van der Waals surface area contributed by atoms with E-state index in [1.807, 2.05) is 0 Å². The molecule has 1 aromatic rings. The zero-order valence-corrected chi connectivity index (χ0v) is 11.5. The lowest BCUT2D eigenvalue weighted by atomic mass is 10.1. The third-order valence-corrected chi connectivity index (χ3v) is 3.41. The number of hydrogen-bond donors (Lipinski definition) is 0. The van der Waals surface area contributed by atoms with E-state index < -0.39 is 56.4 Å². The van der Waals surface area contributed by atoms with E-state index in [1.54, 1.807) is 0 Å². The molecular weight excluding hydrogens is 388 g/mol. The number of thioether (sulfide) groups is 1. The number of nitrogens with zero attached hydrogens (tertiary/aromatic N) is 1. The lowest BCUT2D eigenvalue weighted by Gasteiger charge is -2.21. The van der Waals surface area contributed by atoms with Crippen LogP contribution in [0.3, 0.4) is 0 Å². The molecule has 0 amide bonds. The smallest absolute Gasteiger partial charge is 0.258 e. The first-order valence-corrected chi connectivity index (χ1v) is 6.19. The molecule has 0 saturated carbocycles. The third kappa shape index (κ3) is 3.84. The summed E-state index contributed by atoms with van der Waals surface area (Å²) in [6.45, 7) is 0. The van der Waals surface area contributed by atoms with Crippen LogP contribution >= 0.6 is 11.8 Å². The molecule has 0 bridgehead atoms. The lowest BCUT2D eigenvalue weighted by Crippen LogP contribution is -2.34. The quantitative estimate of drug-likeness (QED) is 0.295. The Morgan fingerprint density at radius 3 is 1.75 bits per heavy atom. The molecule has 0 radical (unpaired) electrons. The monoisotopic (exact) mass is 391 g/mol. The van der Waals surface area contributed by atoms with Crippen LogP contribution in [0.1, 0.15) is 5.56 Å². The van der Waals surface area contributed by atoms with Crippen LogP contribution in [0.15, 0.2) is 23.1 Å². The van der Waals surface area contributed by atoms with Crippen molar-refractivity contribution >= 4 is 17.4 Å². The minimum atomic E-state index is -6.23. The average Bonchev–Trinajstić information content (AvgIpc) is 2.35. The molecule has 136 valence electrons. The molecule has 0 aliphatic rings. The van der Waals surface area contributed by atoms with Gasteiger partial charge in [-0.25, -0.2) is 0 Å². The van der Waals surface area contributed by atoms with Crippen molar-refractivity contribution in [3.8, 4) is 0 Å². The van der Waals surface area contributed by atoms with Gasteiger partial charge in [-0.3, -0.25) is 10.1 Å². The van der Waals surface area contributed by atoms with Gasteiger partial charge in [0.05, 0.1) is 4.92 Å². The molecule has 1 aromatic carbocycles. The molecule has 0 unspecified atom stereocenters. The van der Waals surface area contributed by atoms with E-state index in [0.29, 0.717) is 0 Å². The van der Waals surface area contributed by atoms with Crippen LogP contribution in [-0.4, -0.2) is 22.5 Å². The predicted octanol–water partition coefficient (Wildman–Crippen LogP) is 5.50. The van der Waals surface area contributed by atoms with Crippen molar-refractivity contribution in [1.82, 2.24) is 0 Å². The van der Waals surface area contributed by atoms with Crippen molar-refractivity contribution in [2.75, 3.05) is 0 Å². The second-order valence-corrected chi connectivity index (χ2v) is 5.31. The van der Waals surface area contributed by atoms with Crippen LogP contribution in [0, 0.1) is 10.1 Å². The lowest BCUT2D eigenvalue weighted by molar-refractivity contribution is -0.390. The van der Waals surface area contributed by atoms with Gasteiger partial charge in [0.15, 0.2) is 0 Å². The summed E-state index contributed by atoms with van der Waals surface area (Å²) in [5.41, 5.74) is -4.13. The van der Waals surface area contributed by atoms with Crippen molar-refractivity contribution in [2.45, 2.75) is 28.4 Å². The Bertz CT molecular complexity index is 640. The van der Waals surface area contributed by atoms with Crippen LogP contribution in [-0.2, 0) is 5.92 Å². The van der Waals surface area contributed by atoms with Gasteiger partial charge < -0.3 is 0 Å². The second kappa shape index (κ2) is 5.97. The molecule has 1 rings (SSSR count). The Hall–Kier alpha value is -1.73. The van der Waals surface area contributed by atoms with E-state index in [2.05, 4.69) is 0 Å². The minimum absolute atomic E-state index is 0.0757. The van der Waals surface area contributed by atoms with Gasteiger partial charge in [0, 0.05) is 11.0 Å². The molecule has 24 heavy (non-hydrogen) atoms. The fourth-order valence-electron chi connectivity index (χ4n) is 1.35. The predicted molar refractivity (Wildman–Crippen MR) is 59.9 cm³/mol. The normalized spacial score (nSPS) is 13.9. The second-order valence-electron chi connectivity index (χ2n) is 4.12. The van der Waals surface area contributed by atoms with E-state index in [4.69, 9.17) is 0 Å². The SMILES string of the molecule is O=[N+]([O-])c1cc(SC(F)(F)C(F)(F)F)ccc1C(F)(F)C(F)(F)F. The Kier molecular flexibility index (Phi) is 5.05. The summed E-state index contributed by atoms with van der Waals surface area (Å²) in [4.78, 5) is 7.63. The highest BCUT2D eigenvalue weighted by Crippen LogP contribution is 2.51. The molecule has 0 aliphatic heterocycles. The molecule has 3 nitrogen and oxygen atoms in total. The van der Waals surface area contributed by atoms with Crippen LogP contribution in [0.25, 0.3) is 0 Å². The summed E-state index contributed by atoms with van der Waals surface area (Å²) in [5.74, 6) is -5.70. The molecular formula is C10H3F10NO2S. The van der Waals surface area contributed by atoms with Gasteiger partial charge in [-0.05, 0) is 23.9 Å². The van der Waals surface area contributed by atoms with E-state index in [1.165, 1.54) is 0 Å². The highest BCUT2D eigenvalue weighted by Gasteiger charge is 2.62. The maximum absolute atomic E-state index is 13.2. The zero-order chi connectivity index (χ0) is 19.1. The maximum atomic E-state index is 13.2. The number of rotatable bonds is 4.